The lowest BCUT2D eigenvalue weighted by atomic mass is 10.1. The highest BCUT2D eigenvalue weighted by Crippen LogP contribution is 2.17. The molecular weight excluding hydrogens is 323 g/mol. The minimum atomic E-state index is -0.347. The van der Waals surface area contributed by atoms with Crippen molar-refractivity contribution in [1.82, 2.24) is 10.6 Å². The summed E-state index contributed by atoms with van der Waals surface area (Å²) >= 11 is 1.68. The van der Waals surface area contributed by atoms with Crippen LogP contribution in [0.4, 0.5) is 4.39 Å². The van der Waals surface area contributed by atoms with Gasteiger partial charge in [0.05, 0.1) is 18.2 Å². The average molecular weight is 344 g/mol. The van der Waals surface area contributed by atoms with E-state index in [0.717, 1.165) is 13.1 Å². The number of thiophene rings is 1. The third kappa shape index (κ3) is 5.07. The van der Waals surface area contributed by atoms with E-state index in [1.807, 2.05) is 13.0 Å². The Morgan fingerprint density at radius 3 is 2.88 bits per heavy atom. The molecule has 1 unspecified atom stereocenters. The minimum Gasteiger partial charge on any atom is -0.357 e. The molecule has 0 aliphatic heterocycles. The zero-order valence-electron chi connectivity index (χ0n) is 13.8. The molecule has 2 aromatic rings. The summed E-state index contributed by atoms with van der Waals surface area (Å²) < 4.78 is 13.8. The van der Waals surface area contributed by atoms with Crippen LogP contribution in [0.2, 0.25) is 0 Å². The van der Waals surface area contributed by atoms with Crippen molar-refractivity contribution in [2.75, 3.05) is 13.1 Å². The van der Waals surface area contributed by atoms with Gasteiger partial charge in [0.2, 0.25) is 0 Å². The summed E-state index contributed by atoms with van der Waals surface area (Å²) in [6.45, 7) is 5.78. The third-order valence-electron chi connectivity index (χ3n) is 3.61. The predicted octanol–water partition coefficient (Wildman–Crippen LogP) is 3.62. The number of guanidine groups is 1. The number of hydrogen-bond acceptors (Lipinski definition) is 3. The Kier molecular flexibility index (Phi) is 6.76. The van der Waals surface area contributed by atoms with Crippen molar-refractivity contribution in [3.8, 4) is 6.07 Å². The number of aliphatic imine (C=N–C) groups is 1. The number of rotatable bonds is 6. The Balaban J connectivity index is 2.01. The number of benzene rings is 1. The van der Waals surface area contributed by atoms with Gasteiger partial charge in [-0.05, 0) is 53.4 Å². The Labute approximate surface area is 146 Å². The van der Waals surface area contributed by atoms with Gasteiger partial charge >= 0.3 is 0 Å². The van der Waals surface area contributed by atoms with Gasteiger partial charge in [-0.2, -0.15) is 16.6 Å². The molecule has 0 saturated heterocycles. The molecule has 1 aromatic heterocycles. The maximum Gasteiger partial charge on any atom is 0.191 e. The summed E-state index contributed by atoms with van der Waals surface area (Å²) in [5.41, 5.74) is 2.14. The van der Waals surface area contributed by atoms with Crippen molar-refractivity contribution in [2.45, 2.75) is 26.3 Å². The fraction of sp³-hybridized carbons (Fsp3) is 0.333. The minimum absolute atomic E-state index is 0.184. The first-order valence-corrected chi connectivity index (χ1v) is 8.81. The van der Waals surface area contributed by atoms with Crippen LogP contribution in [0.1, 0.15) is 36.5 Å². The van der Waals surface area contributed by atoms with Gasteiger partial charge in [-0.1, -0.05) is 6.92 Å². The van der Waals surface area contributed by atoms with Crippen LogP contribution in [-0.2, 0) is 6.54 Å². The van der Waals surface area contributed by atoms with E-state index >= 15 is 0 Å². The highest BCUT2D eigenvalue weighted by atomic mass is 32.1. The van der Waals surface area contributed by atoms with E-state index in [4.69, 9.17) is 5.26 Å². The summed E-state index contributed by atoms with van der Waals surface area (Å²) in [5, 5.41) is 19.6. The molecule has 1 heterocycles. The second kappa shape index (κ2) is 9.04. The zero-order valence-corrected chi connectivity index (χ0v) is 14.7. The Bertz CT molecular complexity index is 719. The average Bonchev–Trinajstić information content (AvgIpc) is 3.13. The molecule has 0 bridgehead atoms. The van der Waals surface area contributed by atoms with Crippen LogP contribution in [0, 0.1) is 17.1 Å². The lowest BCUT2D eigenvalue weighted by Crippen LogP contribution is -2.39. The van der Waals surface area contributed by atoms with Crippen LogP contribution in [0.15, 0.2) is 40.0 Å². The summed E-state index contributed by atoms with van der Waals surface area (Å²) in [7, 11) is 0. The van der Waals surface area contributed by atoms with Crippen molar-refractivity contribution in [3.05, 3.63) is 57.5 Å². The number of nitrogens with zero attached hydrogens (tertiary/aromatic N) is 2. The van der Waals surface area contributed by atoms with Gasteiger partial charge in [0.25, 0.3) is 0 Å². The summed E-state index contributed by atoms with van der Waals surface area (Å²) in [4.78, 5) is 4.42. The molecule has 0 amide bonds. The van der Waals surface area contributed by atoms with Gasteiger partial charge in [0.15, 0.2) is 5.96 Å². The molecule has 0 fully saturated rings. The van der Waals surface area contributed by atoms with E-state index in [1.54, 1.807) is 11.3 Å². The third-order valence-corrected chi connectivity index (χ3v) is 4.32. The highest BCUT2D eigenvalue weighted by Gasteiger charge is 2.08. The van der Waals surface area contributed by atoms with Gasteiger partial charge < -0.3 is 10.6 Å². The van der Waals surface area contributed by atoms with Crippen LogP contribution in [0.5, 0.6) is 0 Å². The van der Waals surface area contributed by atoms with Crippen LogP contribution in [0.3, 0.4) is 0 Å². The van der Waals surface area contributed by atoms with Crippen LogP contribution in [0.25, 0.3) is 0 Å². The fourth-order valence-electron chi connectivity index (χ4n) is 2.19. The molecule has 2 rings (SSSR count). The number of nitrogens with one attached hydrogen (secondary N) is 2. The molecule has 4 nitrogen and oxygen atoms in total. The van der Waals surface area contributed by atoms with E-state index in [2.05, 4.69) is 39.4 Å². The lowest BCUT2D eigenvalue weighted by Gasteiger charge is -2.15. The predicted molar refractivity (Wildman–Crippen MR) is 96.7 cm³/mol. The first-order chi connectivity index (χ1) is 11.6. The van der Waals surface area contributed by atoms with E-state index in [1.165, 1.54) is 23.8 Å². The Morgan fingerprint density at radius 2 is 2.21 bits per heavy atom. The van der Waals surface area contributed by atoms with Gasteiger partial charge in [0.1, 0.15) is 5.82 Å². The van der Waals surface area contributed by atoms with E-state index in [0.29, 0.717) is 23.0 Å². The van der Waals surface area contributed by atoms with Gasteiger partial charge in [-0.15, -0.1) is 0 Å². The monoisotopic (exact) mass is 344 g/mol. The van der Waals surface area contributed by atoms with Gasteiger partial charge in [-0.3, -0.25) is 0 Å². The molecule has 1 atom stereocenters. The molecule has 6 heteroatoms. The summed E-state index contributed by atoms with van der Waals surface area (Å²) in [6.07, 6.45) is 0. The molecule has 2 N–H and O–H groups in total. The first-order valence-electron chi connectivity index (χ1n) is 7.86. The van der Waals surface area contributed by atoms with Crippen LogP contribution < -0.4 is 10.6 Å². The topological polar surface area (TPSA) is 60.2 Å². The van der Waals surface area contributed by atoms with E-state index < -0.39 is 0 Å². The number of halogens is 1. The Morgan fingerprint density at radius 1 is 1.38 bits per heavy atom. The second-order valence-electron chi connectivity index (χ2n) is 5.45. The van der Waals surface area contributed by atoms with Crippen molar-refractivity contribution in [3.63, 3.8) is 0 Å². The summed E-state index contributed by atoms with van der Waals surface area (Å²) in [5.74, 6) is 0.653. The van der Waals surface area contributed by atoms with Crippen molar-refractivity contribution in [1.29, 1.82) is 5.26 Å². The molecule has 0 aliphatic carbocycles. The maximum atomic E-state index is 13.8. The fourth-order valence-corrected chi connectivity index (χ4v) is 2.98. The maximum absolute atomic E-state index is 13.8. The molecule has 24 heavy (non-hydrogen) atoms. The van der Waals surface area contributed by atoms with Gasteiger partial charge in [-0.25, -0.2) is 9.38 Å². The van der Waals surface area contributed by atoms with Gasteiger partial charge in [0, 0.05) is 18.7 Å². The standard InChI is InChI=1S/C18H21FN4S/c1-3-21-18(22-10-13(2)15-6-7-24-12-15)23-11-16-8-14(9-20)4-5-17(16)19/h4-8,12-13H,3,10-11H2,1-2H3,(H2,21,22,23). The quantitative estimate of drug-likeness (QED) is 0.621. The first kappa shape index (κ1) is 18.0. The second-order valence-corrected chi connectivity index (χ2v) is 6.23. The molecule has 0 aliphatic rings. The molecule has 0 spiro atoms. The van der Waals surface area contributed by atoms with Crippen LogP contribution >= 0.6 is 11.3 Å². The van der Waals surface area contributed by atoms with Crippen molar-refractivity contribution >= 4 is 17.3 Å². The zero-order chi connectivity index (χ0) is 17.4. The largest absolute Gasteiger partial charge is 0.357 e. The molecule has 1 aromatic carbocycles. The Hall–Kier alpha value is -2.39. The van der Waals surface area contributed by atoms with E-state index in [-0.39, 0.29) is 12.4 Å². The van der Waals surface area contributed by atoms with Crippen molar-refractivity contribution < 1.29 is 4.39 Å². The molecule has 0 saturated carbocycles. The molecule has 0 radical (unpaired) electrons. The van der Waals surface area contributed by atoms with Crippen molar-refractivity contribution in [2.24, 2.45) is 4.99 Å². The van der Waals surface area contributed by atoms with Crippen LogP contribution in [-0.4, -0.2) is 19.0 Å². The molecule has 126 valence electrons. The lowest BCUT2D eigenvalue weighted by molar-refractivity contribution is 0.609. The normalized spacial score (nSPS) is 12.5. The number of nitriles is 1. The SMILES string of the molecule is CCNC(=NCc1cc(C#N)ccc1F)NCC(C)c1ccsc1. The smallest absolute Gasteiger partial charge is 0.191 e. The van der Waals surface area contributed by atoms with E-state index in [9.17, 15) is 4.39 Å². The highest BCUT2D eigenvalue weighted by molar-refractivity contribution is 7.07. The summed E-state index contributed by atoms with van der Waals surface area (Å²) in [6, 6.07) is 8.45. The molecular formula is C18H21FN4S. The number of hydrogen-bond donors (Lipinski definition) is 2.